The van der Waals surface area contributed by atoms with Gasteiger partial charge in [-0.15, -0.1) is 4.40 Å². The number of carbonyl (C=O) groups excluding carboxylic acids is 2. The van der Waals surface area contributed by atoms with E-state index in [0.29, 0.717) is 11.1 Å². The molecule has 4 rings (SSSR count). The number of anilines is 1. The third-order valence-corrected chi connectivity index (χ3v) is 6.56. The van der Waals surface area contributed by atoms with Crippen molar-refractivity contribution in [3.8, 4) is 0 Å². The lowest BCUT2D eigenvalue weighted by atomic mass is 9.95. The third kappa shape index (κ3) is 4.14. The summed E-state index contributed by atoms with van der Waals surface area (Å²) in [6, 6.07) is 21.5. The molecule has 5 N–H and O–H groups in total. The van der Waals surface area contributed by atoms with Crippen LogP contribution in [0.4, 0.5) is 5.69 Å². The number of guanidine groups is 1. The van der Waals surface area contributed by atoms with E-state index in [9.17, 15) is 23.1 Å². The van der Waals surface area contributed by atoms with Crippen molar-refractivity contribution in [3.63, 3.8) is 0 Å². The normalized spacial score (nSPS) is 17.5. The molecule has 1 aliphatic heterocycles. The Balaban J connectivity index is 1.86. The van der Waals surface area contributed by atoms with E-state index >= 15 is 0 Å². The van der Waals surface area contributed by atoms with Crippen LogP contribution >= 0.6 is 0 Å². The number of Topliss-reactive ketones (excluding diaryl/α,β-unsaturated/α-hetero) is 1. The zero-order chi connectivity index (χ0) is 24.5. The molecule has 10 heteroatoms. The van der Waals surface area contributed by atoms with Gasteiger partial charge in [0.2, 0.25) is 5.96 Å². The van der Waals surface area contributed by atoms with Gasteiger partial charge in [0.1, 0.15) is 5.76 Å². The molecule has 172 valence electrons. The summed E-state index contributed by atoms with van der Waals surface area (Å²) in [6.45, 7) is 0. The van der Waals surface area contributed by atoms with Crippen molar-refractivity contribution in [3.05, 3.63) is 102 Å². The van der Waals surface area contributed by atoms with Gasteiger partial charge in [0, 0.05) is 11.3 Å². The van der Waals surface area contributed by atoms with Crippen molar-refractivity contribution < 1.29 is 23.1 Å². The monoisotopic (exact) mass is 476 g/mol. The maximum absolute atomic E-state index is 13.1. The van der Waals surface area contributed by atoms with E-state index in [2.05, 4.69) is 4.40 Å². The molecule has 3 aromatic carbocycles. The van der Waals surface area contributed by atoms with Crippen LogP contribution in [0.1, 0.15) is 17.2 Å². The molecule has 0 aliphatic carbocycles. The molecule has 0 saturated carbocycles. The van der Waals surface area contributed by atoms with E-state index in [1.165, 1.54) is 29.2 Å². The van der Waals surface area contributed by atoms with Gasteiger partial charge in [-0.1, -0.05) is 60.7 Å². The highest BCUT2D eigenvalue weighted by molar-refractivity contribution is 7.90. The molecular formula is C24H20N4O5S. The number of nitrogens with zero attached hydrogens (tertiary/aromatic N) is 2. The van der Waals surface area contributed by atoms with Gasteiger partial charge in [0.05, 0.1) is 16.5 Å². The second kappa shape index (κ2) is 8.83. The van der Waals surface area contributed by atoms with Gasteiger partial charge in [-0.3, -0.25) is 14.5 Å². The zero-order valence-corrected chi connectivity index (χ0v) is 18.5. The number of aliphatic hydroxyl groups is 1. The summed E-state index contributed by atoms with van der Waals surface area (Å²) in [4.78, 5) is 27.2. The number of hydrogen-bond donors (Lipinski definition) is 3. The molecule has 1 unspecified atom stereocenters. The standard InChI is InChI=1S/C24H20N4O5S/c25-24(26)27-34(32,33)18-13-11-17(12-14-18)28-20(15-7-3-1-4-8-15)19(22(30)23(28)31)21(29)16-9-5-2-6-10-16/h1-14,20,29H,(H4,25,26,27)/b21-19-. The predicted molar refractivity (Wildman–Crippen MR) is 127 cm³/mol. The number of benzene rings is 3. The van der Waals surface area contributed by atoms with Gasteiger partial charge >= 0.3 is 0 Å². The molecule has 0 bridgehead atoms. The summed E-state index contributed by atoms with van der Waals surface area (Å²) in [7, 11) is -4.13. The molecule has 1 saturated heterocycles. The Morgan fingerprint density at radius 2 is 1.41 bits per heavy atom. The first-order chi connectivity index (χ1) is 16.2. The van der Waals surface area contributed by atoms with E-state index in [-0.39, 0.29) is 21.9 Å². The van der Waals surface area contributed by atoms with Crippen LogP contribution < -0.4 is 16.4 Å². The number of amides is 1. The van der Waals surface area contributed by atoms with Crippen LogP contribution in [0.25, 0.3) is 5.76 Å². The molecule has 1 heterocycles. The fraction of sp³-hybridized carbons (Fsp3) is 0.0417. The number of carbonyl (C=O) groups is 2. The van der Waals surface area contributed by atoms with E-state index in [1.807, 2.05) is 0 Å². The van der Waals surface area contributed by atoms with Gasteiger partial charge in [-0.2, -0.15) is 8.42 Å². The van der Waals surface area contributed by atoms with Crippen molar-refractivity contribution in [2.45, 2.75) is 10.9 Å². The van der Waals surface area contributed by atoms with Crippen molar-refractivity contribution in [1.82, 2.24) is 0 Å². The van der Waals surface area contributed by atoms with Gasteiger partial charge in [0.25, 0.3) is 21.7 Å². The summed E-state index contributed by atoms with van der Waals surface area (Å²) >= 11 is 0. The highest BCUT2D eigenvalue weighted by atomic mass is 32.2. The summed E-state index contributed by atoms with van der Waals surface area (Å²) in [6.07, 6.45) is 0. The topological polar surface area (TPSA) is 156 Å². The summed E-state index contributed by atoms with van der Waals surface area (Å²) in [5.74, 6) is -2.62. The van der Waals surface area contributed by atoms with Crippen LogP contribution in [-0.2, 0) is 19.6 Å². The molecule has 0 radical (unpaired) electrons. The van der Waals surface area contributed by atoms with Gasteiger partial charge in [0.15, 0.2) is 0 Å². The number of rotatable bonds is 5. The van der Waals surface area contributed by atoms with Crippen LogP contribution in [0.2, 0.25) is 0 Å². The molecule has 3 aromatic rings. The molecule has 1 aliphatic rings. The molecular weight excluding hydrogens is 456 g/mol. The average Bonchev–Trinajstić information content (AvgIpc) is 3.09. The van der Waals surface area contributed by atoms with Gasteiger partial charge in [-0.05, 0) is 29.8 Å². The summed E-state index contributed by atoms with van der Waals surface area (Å²) in [5, 5.41) is 11.0. The first-order valence-electron chi connectivity index (χ1n) is 10.1. The van der Waals surface area contributed by atoms with Crippen LogP contribution in [0.5, 0.6) is 0 Å². The largest absolute Gasteiger partial charge is 0.507 e. The Morgan fingerprint density at radius 3 is 1.97 bits per heavy atom. The van der Waals surface area contributed by atoms with Crippen LogP contribution in [0.3, 0.4) is 0 Å². The Labute approximate surface area is 195 Å². The molecule has 0 aromatic heterocycles. The van der Waals surface area contributed by atoms with Gasteiger partial charge < -0.3 is 16.6 Å². The third-order valence-electron chi connectivity index (χ3n) is 5.25. The first-order valence-corrected chi connectivity index (χ1v) is 11.5. The maximum Gasteiger partial charge on any atom is 0.300 e. The molecule has 1 amide bonds. The number of nitrogens with two attached hydrogens (primary N) is 2. The minimum absolute atomic E-state index is 0.0698. The molecule has 9 nitrogen and oxygen atoms in total. The lowest BCUT2D eigenvalue weighted by Gasteiger charge is -2.25. The lowest BCUT2D eigenvalue weighted by Crippen LogP contribution is -2.29. The number of ketones is 1. The number of aliphatic hydroxyl groups excluding tert-OH is 1. The Bertz CT molecular complexity index is 1410. The fourth-order valence-electron chi connectivity index (χ4n) is 3.77. The van der Waals surface area contributed by atoms with E-state index in [1.54, 1.807) is 60.7 Å². The van der Waals surface area contributed by atoms with E-state index in [0.717, 1.165) is 0 Å². The SMILES string of the molecule is NC(N)=NS(=O)(=O)c1ccc(N2C(=O)C(=O)/C(=C(\O)c3ccccc3)C2c2ccccc2)cc1. The van der Waals surface area contributed by atoms with Crippen LogP contribution in [0.15, 0.2) is 99.8 Å². The summed E-state index contributed by atoms with van der Waals surface area (Å²) < 4.78 is 27.7. The minimum Gasteiger partial charge on any atom is -0.507 e. The average molecular weight is 477 g/mol. The Hall–Kier alpha value is -4.44. The Kier molecular flexibility index (Phi) is 5.91. The van der Waals surface area contributed by atoms with Crippen molar-refractivity contribution >= 4 is 39.1 Å². The number of hydrogen-bond acceptors (Lipinski definition) is 5. The van der Waals surface area contributed by atoms with Crippen molar-refractivity contribution in [2.24, 2.45) is 15.9 Å². The predicted octanol–water partition coefficient (Wildman–Crippen LogP) is 2.28. The molecule has 34 heavy (non-hydrogen) atoms. The second-order valence-electron chi connectivity index (χ2n) is 7.43. The highest BCUT2D eigenvalue weighted by Crippen LogP contribution is 2.42. The van der Waals surface area contributed by atoms with Gasteiger partial charge in [-0.25, -0.2) is 0 Å². The molecule has 1 fully saturated rings. The van der Waals surface area contributed by atoms with E-state index in [4.69, 9.17) is 11.5 Å². The zero-order valence-electron chi connectivity index (χ0n) is 17.7. The van der Waals surface area contributed by atoms with Crippen LogP contribution in [-0.4, -0.2) is 31.2 Å². The second-order valence-corrected chi connectivity index (χ2v) is 9.04. The van der Waals surface area contributed by atoms with Crippen LogP contribution in [0, 0.1) is 0 Å². The van der Waals surface area contributed by atoms with Crippen molar-refractivity contribution in [2.75, 3.05) is 4.90 Å². The minimum atomic E-state index is -4.13. The quantitative estimate of drug-likeness (QED) is 0.168. The van der Waals surface area contributed by atoms with E-state index < -0.39 is 33.7 Å². The number of sulfonamides is 1. The molecule has 1 atom stereocenters. The van der Waals surface area contributed by atoms with Crippen molar-refractivity contribution in [1.29, 1.82) is 0 Å². The highest BCUT2D eigenvalue weighted by Gasteiger charge is 2.46. The Morgan fingerprint density at radius 1 is 0.853 bits per heavy atom. The lowest BCUT2D eigenvalue weighted by molar-refractivity contribution is -0.132. The molecule has 0 spiro atoms. The summed E-state index contributed by atoms with van der Waals surface area (Å²) in [5.41, 5.74) is 11.5. The smallest absolute Gasteiger partial charge is 0.300 e. The first kappa shape index (κ1) is 22.7. The fourth-order valence-corrected chi connectivity index (χ4v) is 4.63. The maximum atomic E-state index is 13.1.